The van der Waals surface area contributed by atoms with Crippen molar-refractivity contribution in [1.82, 2.24) is 10.2 Å². The average molecular weight is 600 g/mol. The van der Waals surface area contributed by atoms with E-state index in [0.717, 1.165) is 37.8 Å². The minimum atomic E-state index is -0.259. The van der Waals surface area contributed by atoms with Gasteiger partial charge in [-0.15, -0.1) is 0 Å². The fraction of sp³-hybridized carbons (Fsp3) is 0.382. The predicted octanol–water partition coefficient (Wildman–Crippen LogP) is 4.31. The first-order chi connectivity index (χ1) is 21.4. The van der Waals surface area contributed by atoms with E-state index < -0.39 is 0 Å². The molecule has 3 amide bonds. The van der Waals surface area contributed by atoms with Crippen LogP contribution < -0.4 is 30.7 Å². The van der Waals surface area contributed by atoms with Crippen molar-refractivity contribution in [3.63, 3.8) is 0 Å². The molecule has 1 aliphatic heterocycles. The van der Waals surface area contributed by atoms with Crippen LogP contribution >= 0.6 is 0 Å². The minimum absolute atomic E-state index is 0.0823. The summed E-state index contributed by atoms with van der Waals surface area (Å²) in [6.07, 6.45) is 4.23. The van der Waals surface area contributed by atoms with Gasteiger partial charge in [-0.3, -0.25) is 14.4 Å². The second kappa shape index (κ2) is 14.3. The number of amides is 3. The summed E-state index contributed by atoms with van der Waals surface area (Å²) in [6, 6.07) is 19.9. The zero-order valence-corrected chi connectivity index (χ0v) is 25.4. The number of nitrogens with one attached hydrogen (secondary N) is 2. The number of methoxy groups -OCH3 is 2. The number of hydrogen-bond acceptors (Lipinski definition) is 7. The Hall–Kier alpha value is -4.57. The van der Waals surface area contributed by atoms with Crippen LogP contribution in [0.25, 0.3) is 0 Å². The van der Waals surface area contributed by atoms with Crippen LogP contribution in [0.2, 0.25) is 0 Å². The highest BCUT2D eigenvalue weighted by Gasteiger charge is 2.25. The van der Waals surface area contributed by atoms with Gasteiger partial charge in [0.1, 0.15) is 0 Å². The van der Waals surface area contributed by atoms with Crippen LogP contribution in [-0.4, -0.2) is 75.1 Å². The maximum Gasteiger partial charge on any atom is 0.255 e. The molecule has 0 atom stereocenters. The maximum atomic E-state index is 13.4. The third-order valence-electron chi connectivity index (χ3n) is 8.40. The van der Waals surface area contributed by atoms with E-state index in [1.54, 1.807) is 56.7 Å². The fourth-order valence-corrected chi connectivity index (χ4v) is 5.88. The SMILES string of the molecule is COc1ccc(C(=O)N2CCCN(c3ccc(C(=O)NC4CCC(N)CC4)cc3NC(=O)c3ccccc3)CC2)cc1OC. The highest BCUT2D eigenvalue weighted by molar-refractivity contribution is 6.07. The standard InChI is InChI=1S/C34H41N5O5/c1-43-30-16-10-25(22-31(30)44-2)34(42)39-18-6-17-38(19-20-39)29-15-9-24(33(41)36-27-13-11-26(35)12-14-27)21-28(29)37-32(40)23-7-4-3-5-8-23/h3-5,7-10,15-16,21-22,26-27H,6,11-14,17-20,35H2,1-2H3,(H,36,41)(H,37,40). The molecule has 3 aromatic carbocycles. The van der Waals surface area contributed by atoms with Gasteiger partial charge in [0.2, 0.25) is 0 Å². The molecule has 0 spiro atoms. The summed E-state index contributed by atoms with van der Waals surface area (Å²) >= 11 is 0. The molecule has 4 N–H and O–H groups in total. The largest absolute Gasteiger partial charge is 0.493 e. The van der Waals surface area contributed by atoms with Crippen LogP contribution in [0.4, 0.5) is 11.4 Å². The lowest BCUT2D eigenvalue weighted by Crippen LogP contribution is -2.40. The summed E-state index contributed by atoms with van der Waals surface area (Å²) in [5, 5.41) is 6.19. The number of rotatable bonds is 8. The van der Waals surface area contributed by atoms with Crippen molar-refractivity contribution in [3.8, 4) is 11.5 Å². The van der Waals surface area contributed by atoms with Gasteiger partial charge < -0.3 is 35.6 Å². The molecule has 1 heterocycles. The van der Waals surface area contributed by atoms with Crippen LogP contribution in [0.1, 0.15) is 63.2 Å². The highest BCUT2D eigenvalue weighted by Crippen LogP contribution is 2.31. The van der Waals surface area contributed by atoms with E-state index in [9.17, 15) is 14.4 Å². The molecule has 232 valence electrons. The molecule has 1 aliphatic carbocycles. The van der Waals surface area contributed by atoms with E-state index in [1.165, 1.54) is 0 Å². The van der Waals surface area contributed by atoms with Crippen molar-refractivity contribution >= 4 is 29.1 Å². The number of anilines is 2. The summed E-state index contributed by atoms with van der Waals surface area (Å²) in [5.74, 6) is 0.558. The Bertz CT molecular complexity index is 1470. The lowest BCUT2D eigenvalue weighted by atomic mass is 9.91. The van der Waals surface area contributed by atoms with Gasteiger partial charge in [0.05, 0.1) is 25.6 Å². The number of carbonyl (C=O) groups excluding carboxylic acids is 3. The Morgan fingerprint density at radius 3 is 2.20 bits per heavy atom. The summed E-state index contributed by atoms with van der Waals surface area (Å²) in [6.45, 7) is 2.31. The zero-order chi connectivity index (χ0) is 31.1. The molecule has 2 aliphatic rings. The molecule has 0 aromatic heterocycles. The Morgan fingerprint density at radius 2 is 1.48 bits per heavy atom. The normalized spacial score (nSPS) is 18.6. The second-order valence-corrected chi connectivity index (χ2v) is 11.3. The van der Waals surface area contributed by atoms with Crippen molar-refractivity contribution in [3.05, 3.63) is 83.4 Å². The molecule has 1 saturated heterocycles. The summed E-state index contributed by atoms with van der Waals surface area (Å²) in [7, 11) is 3.11. The first kappa shape index (κ1) is 30.9. The van der Waals surface area contributed by atoms with Gasteiger partial charge >= 0.3 is 0 Å². The predicted molar refractivity (Wildman–Crippen MR) is 171 cm³/mol. The Kier molecular flexibility index (Phi) is 10.0. The quantitative estimate of drug-likeness (QED) is 0.352. The van der Waals surface area contributed by atoms with Gasteiger partial charge in [0.15, 0.2) is 11.5 Å². The molecule has 0 unspecified atom stereocenters. The lowest BCUT2D eigenvalue weighted by Gasteiger charge is -2.28. The van der Waals surface area contributed by atoms with Crippen molar-refractivity contribution in [2.75, 3.05) is 50.6 Å². The molecular weight excluding hydrogens is 558 g/mol. The van der Waals surface area contributed by atoms with Crippen molar-refractivity contribution in [2.45, 2.75) is 44.2 Å². The minimum Gasteiger partial charge on any atom is -0.493 e. The molecule has 5 rings (SSSR count). The Morgan fingerprint density at radius 1 is 0.750 bits per heavy atom. The molecule has 0 radical (unpaired) electrons. The summed E-state index contributed by atoms with van der Waals surface area (Å²) < 4.78 is 10.7. The number of nitrogens with zero attached hydrogens (tertiary/aromatic N) is 2. The third kappa shape index (κ3) is 7.31. The first-order valence-corrected chi connectivity index (χ1v) is 15.2. The summed E-state index contributed by atoms with van der Waals surface area (Å²) in [4.78, 5) is 43.9. The van der Waals surface area contributed by atoms with E-state index >= 15 is 0 Å². The van der Waals surface area contributed by atoms with Gasteiger partial charge in [-0.25, -0.2) is 0 Å². The fourth-order valence-electron chi connectivity index (χ4n) is 5.88. The van der Waals surface area contributed by atoms with Gasteiger partial charge in [-0.05, 0) is 80.6 Å². The number of benzene rings is 3. The molecule has 1 saturated carbocycles. The third-order valence-corrected chi connectivity index (χ3v) is 8.40. The zero-order valence-electron chi connectivity index (χ0n) is 25.4. The Balaban J connectivity index is 1.35. The van der Waals surface area contributed by atoms with E-state index in [4.69, 9.17) is 15.2 Å². The van der Waals surface area contributed by atoms with Crippen molar-refractivity contribution in [2.24, 2.45) is 5.73 Å². The van der Waals surface area contributed by atoms with Gasteiger partial charge in [-0.2, -0.15) is 0 Å². The van der Waals surface area contributed by atoms with Crippen LogP contribution in [0.3, 0.4) is 0 Å². The molecule has 0 bridgehead atoms. The van der Waals surface area contributed by atoms with Crippen LogP contribution in [0.5, 0.6) is 11.5 Å². The topological polar surface area (TPSA) is 126 Å². The van der Waals surface area contributed by atoms with Gasteiger partial charge in [0, 0.05) is 55.0 Å². The van der Waals surface area contributed by atoms with E-state index in [0.29, 0.717) is 60.1 Å². The van der Waals surface area contributed by atoms with E-state index in [1.807, 2.05) is 29.2 Å². The molecule has 44 heavy (non-hydrogen) atoms. The smallest absolute Gasteiger partial charge is 0.255 e. The van der Waals surface area contributed by atoms with Crippen molar-refractivity contribution in [1.29, 1.82) is 0 Å². The van der Waals surface area contributed by atoms with Crippen LogP contribution in [0.15, 0.2) is 66.7 Å². The molecule has 3 aromatic rings. The molecule has 2 fully saturated rings. The highest BCUT2D eigenvalue weighted by atomic mass is 16.5. The van der Waals surface area contributed by atoms with Crippen LogP contribution in [0, 0.1) is 0 Å². The van der Waals surface area contributed by atoms with E-state index in [2.05, 4.69) is 15.5 Å². The Labute approximate surface area is 258 Å². The first-order valence-electron chi connectivity index (χ1n) is 15.2. The lowest BCUT2D eigenvalue weighted by molar-refractivity contribution is 0.0766. The number of carbonyl (C=O) groups is 3. The monoisotopic (exact) mass is 599 g/mol. The van der Waals surface area contributed by atoms with E-state index in [-0.39, 0.29) is 29.8 Å². The second-order valence-electron chi connectivity index (χ2n) is 11.3. The van der Waals surface area contributed by atoms with Crippen molar-refractivity contribution < 1.29 is 23.9 Å². The molecular formula is C34H41N5O5. The maximum absolute atomic E-state index is 13.4. The molecule has 10 heteroatoms. The molecule has 10 nitrogen and oxygen atoms in total. The number of hydrogen-bond donors (Lipinski definition) is 3. The van der Waals surface area contributed by atoms with Gasteiger partial charge in [-0.1, -0.05) is 18.2 Å². The van der Waals surface area contributed by atoms with Crippen LogP contribution in [-0.2, 0) is 0 Å². The summed E-state index contributed by atoms with van der Waals surface area (Å²) in [5.41, 5.74) is 8.92. The average Bonchev–Trinajstić information content (AvgIpc) is 3.32. The number of ether oxygens (including phenoxy) is 2. The van der Waals surface area contributed by atoms with Gasteiger partial charge in [0.25, 0.3) is 17.7 Å². The number of nitrogens with two attached hydrogens (primary N) is 1.